The van der Waals surface area contributed by atoms with Crippen LogP contribution in [0.2, 0.25) is 0 Å². The van der Waals surface area contributed by atoms with E-state index in [2.05, 4.69) is 10.3 Å². The Kier molecular flexibility index (Phi) is 6.12. The number of carbonyl (C=O) groups excluding carboxylic acids is 1. The van der Waals surface area contributed by atoms with Crippen LogP contribution in [0.25, 0.3) is 11.2 Å². The first kappa shape index (κ1) is 20.4. The molecule has 0 aliphatic rings. The highest BCUT2D eigenvalue weighted by molar-refractivity contribution is 5.96. The van der Waals surface area contributed by atoms with Gasteiger partial charge in [0.1, 0.15) is 22.8 Å². The van der Waals surface area contributed by atoms with Gasteiger partial charge in [0.2, 0.25) is 0 Å². The molecule has 2 aromatic heterocycles. The molecule has 0 bridgehead atoms. The predicted octanol–water partition coefficient (Wildman–Crippen LogP) is 3.82. The summed E-state index contributed by atoms with van der Waals surface area (Å²) >= 11 is 0. The molecule has 0 atom stereocenters. The highest BCUT2D eigenvalue weighted by atomic mass is 16.5. The van der Waals surface area contributed by atoms with Crippen LogP contribution in [-0.4, -0.2) is 34.2 Å². The molecule has 2 aromatic carbocycles. The van der Waals surface area contributed by atoms with E-state index in [0.29, 0.717) is 24.5 Å². The summed E-state index contributed by atoms with van der Waals surface area (Å²) in [5.41, 5.74) is 3.15. The molecular formula is C24H24N4O3. The number of pyridine rings is 1. The van der Waals surface area contributed by atoms with Crippen LogP contribution < -0.4 is 14.8 Å². The Hall–Kier alpha value is -3.87. The Labute approximate surface area is 180 Å². The second-order valence-electron chi connectivity index (χ2n) is 6.92. The average Bonchev–Trinajstić information content (AvgIpc) is 3.16. The van der Waals surface area contributed by atoms with Gasteiger partial charge in [-0.15, -0.1) is 0 Å². The van der Waals surface area contributed by atoms with E-state index in [1.807, 2.05) is 60.0 Å². The molecule has 4 rings (SSSR count). The molecule has 0 fully saturated rings. The maximum Gasteiger partial charge on any atom is 0.255 e. The van der Waals surface area contributed by atoms with Gasteiger partial charge in [-0.3, -0.25) is 4.79 Å². The minimum atomic E-state index is -0.208. The Balaban J connectivity index is 1.59. The Bertz CT molecular complexity index is 1190. The van der Waals surface area contributed by atoms with Crippen LogP contribution in [0, 0.1) is 0 Å². The number of ether oxygens (including phenoxy) is 2. The molecule has 0 aliphatic carbocycles. The standard InChI is InChI=1S/C24H24N4O3/c1-3-31-21-9-5-4-7-19(21)24(29)26-15-22-27-20-8-6-14-25-23(20)28(22)16-17-10-12-18(30-2)13-11-17/h4-14H,3,15-16H2,1-2H3,(H,26,29). The maximum atomic E-state index is 12.8. The Morgan fingerprint density at radius 2 is 1.87 bits per heavy atom. The number of nitrogens with zero attached hydrogens (tertiary/aromatic N) is 3. The summed E-state index contributed by atoms with van der Waals surface area (Å²) in [6.07, 6.45) is 1.75. The number of aromatic nitrogens is 3. The molecule has 158 valence electrons. The number of benzene rings is 2. The van der Waals surface area contributed by atoms with Gasteiger partial charge in [-0.1, -0.05) is 24.3 Å². The first-order chi connectivity index (χ1) is 15.2. The van der Waals surface area contributed by atoms with Crippen molar-refractivity contribution in [3.05, 3.63) is 83.8 Å². The third kappa shape index (κ3) is 4.50. The average molecular weight is 416 g/mol. The fourth-order valence-electron chi connectivity index (χ4n) is 3.41. The lowest BCUT2D eigenvalue weighted by Crippen LogP contribution is -2.25. The van der Waals surface area contributed by atoms with Crippen LogP contribution in [0.1, 0.15) is 28.7 Å². The molecule has 0 unspecified atom stereocenters. The van der Waals surface area contributed by atoms with E-state index < -0.39 is 0 Å². The number of imidazole rings is 1. The Morgan fingerprint density at radius 3 is 2.65 bits per heavy atom. The van der Waals surface area contributed by atoms with Crippen LogP contribution in [-0.2, 0) is 13.1 Å². The van der Waals surface area contributed by atoms with Gasteiger partial charge in [-0.25, -0.2) is 9.97 Å². The molecule has 2 heterocycles. The molecule has 0 saturated carbocycles. The van der Waals surface area contributed by atoms with Crippen molar-refractivity contribution in [1.29, 1.82) is 0 Å². The molecule has 7 nitrogen and oxygen atoms in total. The first-order valence-electron chi connectivity index (χ1n) is 10.1. The van der Waals surface area contributed by atoms with Gasteiger partial charge in [-0.05, 0) is 48.9 Å². The minimum Gasteiger partial charge on any atom is -0.497 e. The van der Waals surface area contributed by atoms with E-state index >= 15 is 0 Å². The Morgan fingerprint density at radius 1 is 1.06 bits per heavy atom. The molecule has 0 spiro atoms. The molecule has 31 heavy (non-hydrogen) atoms. The van der Waals surface area contributed by atoms with E-state index in [-0.39, 0.29) is 12.5 Å². The van der Waals surface area contributed by atoms with Crippen molar-refractivity contribution in [1.82, 2.24) is 19.9 Å². The van der Waals surface area contributed by atoms with Gasteiger partial charge in [0.05, 0.1) is 32.4 Å². The number of para-hydroxylation sites is 1. The topological polar surface area (TPSA) is 78.3 Å². The lowest BCUT2D eigenvalue weighted by Gasteiger charge is -2.12. The molecule has 0 saturated heterocycles. The quantitative estimate of drug-likeness (QED) is 0.472. The molecule has 1 N–H and O–H groups in total. The molecular weight excluding hydrogens is 392 g/mol. The smallest absolute Gasteiger partial charge is 0.255 e. The van der Waals surface area contributed by atoms with Crippen molar-refractivity contribution in [3.8, 4) is 11.5 Å². The van der Waals surface area contributed by atoms with Crippen molar-refractivity contribution < 1.29 is 14.3 Å². The number of nitrogens with one attached hydrogen (secondary N) is 1. The molecule has 4 aromatic rings. The number of amides is 1. The van der Waals surface area contributed by atoms with Gasteiger partial charge >= 0.3 is 0 Å². The zero-order valence-electron chi connectivity index (χ0n) is 17.5. The number of carbonyl (C=O) groups is 1. The van der Waals surface area contributed by atoms with Crippen LogP contribution in [0.5, 0.6) is 11.5 Å². The lowest BCUT2D eigenvalue weighted by atomic mass is 10.2. The van der Waals surface area contributed by atoms with Gasteiger partial charge < -0.3 is 19.4 Å². The number of rotatable bonds is 8. The fourth-order valence-corrected chi connectivity index (χ4v) is 3.41. The molecule has 0 aliphatic heterocycles. The van der Waals surface area contributed by atoms with E-state index in [1.165, 1.54) is 0 Å². The summed E-state index contributed by atoms with van der Waals surface area (Å²) in [6, 6.07) is 18.9. The van der Waals surface area contributed by atoms with E-state index in [0.717, 1.165) is 28.3 Å². The maximum absolute atomic E-state index is 12.8. The molecule has 7 heteroatoms. The zero-order valence-corrected chi connectivity index (χ0v) is 17.5. The largest absolute Gasteiger partial charge is 0.497 e. The monoisotopic (exact) mass is 416 g/mol. The van der Waals surface area contributed by atoms with Crippen LogP contribution in [0.4, 0.5) is 0 Å². The normalized spacial score (nSPS) is 10.8. The van der Waals surface area contributed by atoms with Crippen LogP contribution in [0.15, 0.2) is 66.9 Å². The second kappa shape index (κ2) is 9.30. The third-order valence-electron chi connectivity index (χ3n) is 4.92. The van der Waals surface area contributed by atoms with Crippen molar-refractivity contribution >= 4 is 17.1 Å². The van der Waals surface area contributed by atoms with E-state index in [9.17, 15) is 4.79 Å². The highest BCUT2D eigenvalue weighted by Crippen LogP contribution is 2.20. The highest BCUT2D eigenvalue weighted by Gasteiger charge is 2.16. The number of hydrogen-bond acceptors (Lipinski definition) is 5. The molecule has 0 radical (unpaired) electrons. The summed E-state index contributed by atoms with van der Waals surface area (Å²) in [6.45, 7) is 3.24. The second-order valence-corrected chi connectivity index (χ2v) is 6.92. The number of methoxy groups -OCH3 is 1. The summed E-state index contributed by atoms with van der Waals surface area (Å²) < 4.78 is 12.8. The summed E-state index contributed by atoms with van der Waals surface area (Å²) in [5, 5.41) is 2.97. The van der Waals surface area contributed by atoms with Crippen molar-refractivity contribution in [2.24, 2.45) is 0 Å². The third-order valence-corrected chi connectivity index (χ3v) is 4.92. The van der Waals surface area contributed by atoms with Crippen LogP contribution >= 0.6 is 0 Å². The summed E-state index contributed by atoms with van der Waals surface area (Å²) in [7, 11) is 1.65. The van der Waals surface area contributed by atoms with Gasteiger partial charge in [0.25, 0.3) is 5.91 Å². The number of hydrogen-bond donors (Lipinski definition) is 1. The predicted molar refractivity (Wildman–Crippen MR) is 118 cm³/mol. The lowest BCUT2D eigenvalue weighted by molar-refractivity contribution is 0.0945. The zero-order chi connectivity index (χ0) is 21.6. The summed E-state index contributed by atoms with van der Waals surface area (Å²) in [4.78, 5) is 22.0. The van der Waals surface area contributed by atoms with Gasteiger partial charge in [-0.2, -0.15) is 0 Å². The van der Waals surface area contributed by atoms with Crippen LogP contribution in [0.3, 0.4) is 0 Å². The minimum absolute atomic E-state index is 0.208. The number of fused-ring (bicyclic) bond motifs is 1. The van der Waals surface area contributed by atoms with Crippen molar-refractivity contribution in [2.45, 2.75) is 20.0 Å². The molecule has 1 amide bonds. The van der Waals surface area contributed by atoms with Crippen molar-refractivity contribution in [3.63, 3.8) is 0 Å². The van der Waals surface area contributed by atoms with E-state index in [1.54, 1.807) is 25.4 Å². The van der Waals surface area contributed by atoms with Gasteiger partial charge in [0, 0.05) is 6.20 Å². The van der Waals surface area contributed by atoms with E-state index in [4.69, 9.17) is 14.5 Å². The fraction of sp³-hybridized carbons (Fsp3) is 0.208. The van der Waals surface area contributed by atoms with Crippen molar-refractivity contribution in [2.75, 3.05) is 13.7 Å². The summed E-state index contributed by atoms with van der Waals surface area (Å²) in [5.74, 6) is 1.89. The SMILES string of the molecule is CCOc1ccccc1C(=O)NCc1nc2cccnc2n1Cc1ccc(OC)cc1. The van der Waals surface area contributed by atoms with Gasteiger partial charge in [0.15, 0.2) is 5.65 Å². The first-order valence-corrected chi connectivity index (χ1v) is 10.1.